The summed E-state index contributed by atoms with van der Waals surface area (Å²) in [4.78, 5) is 18.6. The van der Waals surface area contributed by atoms with Crippen LogP contribution in [0.25, 0.3) is 0 Å². The Labute approximate surface area is 122 Å². The number of hydrogen-bond acceptors (Lipinski definition) is 6. The standard InChI is InChI=1S/C13H17N7O/c21-12(15-13-16-18-19-17-13)10-5-6-11(14-9-10)20-7-3-1-2-4-8-20/h5-6,9H,1-4,7-8H2,(H2,15,16,17,18,19,21). The fourth-order valence-corrected chi connectivity index (χ4v) is 2.40. The fraction of sp³-hybridized carbons (Fsp3) is 0.462. The Kier molecular flexibility index (Phi) is 4.04. The van der Waals surface area contributed by atoms with E-state index in [0.29, 0.717) is 5.56 Å². The van der Waals surface area contributed by atoms with Crippen LogP contribution in [0.15, 0.2) is 18.3 Å². The Morgan fingerprint density at radius 1 is 1.19 bits per heavy atom. The number of rotatable bonds is 3. The number of carbonyl (C=O) groups is 1. The van der Waals surface area contributed by atoms with Crippen LogP contribution >= 0.6 is 0 Å². The first-order chi connectivity index (χ1) is 10.3. The first-order valence-electron chi connectivity index (χ1n) is 7.09. The molecule has 0 radical (unpaired) electrons. The van der Waals surface area contributed by atoms with Crippen molar-refractivity contribution in [2.24, 2.45) is 0 Å². The number of tetrazole rings is 1. The molecule has 0 aliphatic carbocycles. The molecule has 1 aliphatic rings. The molecule has 0 spiro atoms. The van der Waals surface area contributed by atoms with E-state index in [1.807, 2.05) is 6.07 Å². The topological polar surface area (TPSA) is 99.7 Å². The van der Waals surface area contributed by atoms with E-state index >= 15 is 0 Å². The number of hydrogen-bond donors (Lipinski definition) is 2. The Balaban J connectivity index is 1.67. The minimum absolute atomic E-state index is 0.150. The van der Waals surface area contributed by atoms with Crippen molar-refractivity contribution in [3.05, 3.63) is 23.9 Å². The number of nitrogens with one attached hydrogen (secondary N) is 2. The lowest BCUT2D eigenvalue weighted by Gasteiger charge is -2.21. The van der Waals surface area contributed by atoms with Crippen molar-refractivity contribution < 1.29 is 4.79 Å². The lowest BCUT2D eigenvalue weighted by Crippen LogP contribution is -2.25. The van der Waals surface area contributed by atoms with Gasteiger partial charge in [0.25, 0.3) is 11.9 Å². The summed E-state index contributed by atoms with van der Waals surface area (Å²) >= 11 is 0. The Morgan fingerprint density at radius 2 is 2.00 bits per heavy atom. The van der Waals surface area contributed by atoms with Gasteiger partial charge in [0.2, 0.25) is 0 Å². The third-order valence-electron chi connectivity index (χ3n) is 3.51. The van der Waals surface area contributed by atoms with Crippen LogP contribution in [0.5, 0.6) is 0 Å². The predicted octanol–water partition coefficient (Wildman–Crippen LogP) is 1.23. The van der Waals surface area contributed by atoms with Gasteiger partial charge < -0.3 is 4.90 Å². The summed E-state index contributed by atoms with van der Waals surface area (Å²) in [5, 5.41) is 15.5. The lowest BCUT2D eigenvalue weighted by atomic mass is 10.2. The molecule has 1 fully saturated rings. The van der Waals surface area contributed by atoms with Crippen molar-refractivity contribution >= 4 is 17.7 Å². The summed E-state index contributed by atoms with van der Waals surface area (Å²) in [6.45, 7) is 2.06. The smallest absolute Gasteiger partial charge is 0.270 e. The maximum atomic E-state index is 12.0. The van der Waals surface area contributed by atoms with Crippen molar-refractivity contribution in [3.8, 4) is 0 Å². The molecule has 0 aromatic carbocycles. The van der Waals surface area contributed by atoms with Gasteiger partial charge in [0.1, 0.15) is 5.82 Å². The van der Waals surface area contributed by atoms with Gasteiger partial charge in [-0.15, -0.1) is 5.10 Å². The molecule has 2 aromatic rings. The van der Waals surface area contributed by atoms with Gasteiger partial charge in [0, 0.05) is 19.3 Å². The molecule has 0 bridgehead atoms. The van der Waals surface area contributed by atoms with E-state index in [-0.39, 0.29) is 11.9 Å². The normalized spacial score (nSPS) is 15.5. The van der Waals surface area contributed by atoms with Gasteiger partial charge in [-0.2, -0.15) is 5.21 Å². The quantitative estimate of drug-likeness (QED) is 0.880. The molecule has 1 amide bonds. The first kappa shape index (κ1) is 13.5. The average Bonchev–Trinajstić information content (AvgIpc) is 2.87. The molecular weight excluding hydrogens is 270 g/mol. The maximum absolute atomic E-state index is 12.0. The van der Waals surface area contributed by atoms with Crippen molar-refractivity contribution in [2.75, 3.05) is 23.3 Å². The van der Waals surface area contributed by atoms with Crippen LogP contribution in [-0.2, 0) is 0 Å². The molecule has 1 saturated heterocycles. The van der Waals surface area contributed by atoms with Crippen molar-refractivity contribution in [2.45, 2.75) is 25.7 Å². The summed E-state index contributed by atoms with van der Waals surface area (Å²) < 4.78 is 0. The second-order valence-corrected chi connectivity index (χ2v) is 5.00. The van der Waals surface area contributed by atoms with Crippen LogP contribution in [0, 0.1) is 0 Å². The van der Waals surface area contributed by atoms with E-state index in [1.54, 1.807) is 12.3 Å². The summed E-state index contributed by atoms with van der Waals surface area (Å²) in [5.41, 5.74) is 0.471. The maximum Gasteiger partial charge on any atom is 0.270 e. The van der Waals surface area contributed by atoms with Gasteiger partial charge in [-0.3, -0.25) is 10.1 Å². The van der Waals surface area contributed by atoms with Crippen LogP contribution < -0.4 is 10.2 Å². The van der Waals surface area contributed by atoms with E-state index in [4.69, 9.17) is 0 Å². The van der Waals surface area contributed by atoms with E-state index in [0.717, 1.165) is 18.9 Å². The number of H-pyrrole nitrogens is 1. The minimum atomic E-state index is -0.300. The Hall–Kier alpha value is -2.51. The van der Waals surface area contributed by atoms with Gasteiger partial charge in [-0.05, 0) is 30.2 Å². The highest BCUT2D eigenvalue weighted by Crippen LogP contribution is 2.17. The van der Waals surface area contributed by atoms with E-state index in [9.17, 15) is 4.79 Å². The van der Waals surface area contributed by atoms with Gasteiger partial charge in [-0.1, -0.05) is 17.9 Å². The summed E-state index contributed by atoms with van der Waals surface area (Å²) in [5.74, 6) is 0.774. The van der Waals surface area contributed by atoms with E-state index in [1.165, 1.54) is 25.7 Å². The second-order valence-electron chi connectivity index (χ2n) is 5.00. The molecule has 8 heteroatoms. The molecule has 21 heavy (non-hydrogen) atoms. The molecule has 0 unspecified atom stereocenters. The first-order valence-corrected chi connectivity index (χ1v) is 7.09. The molecule has 0 atom stereocenters. The van der Waals surface area contributed by atoms with E-state index in [2.05, 4.69) is 35.8 Å². The van der Waals surface area contributed by atoms with Crippen LogP contribution in [0.2, 0.25) is 0 Å². The molecule has 110 valence electrons. The Bertz CT molecular complexity index is 573. The van der Waals surface area contributed by atoms with Crippen LogP contribution in [0.1, 0.15) is 36.0 Å². The molecule has 8 nitrogen and oxygen atoms in total. The number of aromatic amines is 1. The zero-order chi connectivity index (χ0) is 14.5. The third kappa shape index (κ3) is 3.33. The van der Waals surface area contributed by atoms with E-state index < -0.39 is 0 Å². The highest BCUT2D eigenvalue weighted by Gasteiger charge is 2.13. The number of carbonyl (C=O) groups excluding carboxylic acids is 1. The van der Waals surface area contributed by atoms with Crippen LogP contribution in [0.4, 0.5) is 11.8 Å². The van der Waals surface area contributed by atoms with Gasteiger partial charge in [0.05, 0.1) is 5.56 Å². The highest BCUT2D eigenvalue weighted by molar-refractivity contribution is 6.03. The summed E-state index contributed by atoms with van der Waals surface area (Å²) in [6.07, 6.45) is 6.53. The minimum Gasteiger partial charge on any atom is -0.357 e. The fourth-order valence-electron chi connectivity index (χ4n) is 2.40. The summed E-state index contributed by atoms with van der Waals surface area (Å²) in [6, 6.07) is 3.65. The van der Waals surface area contributed by atoms with Gasteiger partial charge >= 0.3 is 0 Å². The zero-order valence-corrected chi connectivity index (χ0v) is 11.6. The molecule has 2 N–H and O–H groups in total. The Morgan fingerprint density at radius 3 is 2.62 bits per heavy atom. The van der Waals surface area contributed by atoms with Crippen LogP contribution in [0.3, 0.4) is 0 Å². The monoisotopic (exact) mass is 287 g/mol. The van der Waals surface area contributed by atoms with Gasteiger partial charge in [0.15, 0.2) is 0 Å². The number of aromatic nitrogens is 5. The van der Waals surface area contributed by atoms with Crippen molar-refractivity contribution in [1.29, 1.82) is 0 Å². The number of pyridine rings is 1. The molecule has 3 rings (SSSR count). The molecule has 2 aromatic heterocycles. The highest BCUT2D eigenvalue weighted by atomic mass is 16.1. The van der Waals surface area contributed by atoms with Crippen LogP contribution in [-0.4, -0.2) is 44.6 Å². The second kappa shape index (κ2) is 6.29. The molecule has 3 heterocycles. The van der Waals surface area contributed by atoms with Crippen molar-refractivity contribution in [3.63, 3.8) is 0 Å². The predicted molar refractivity (Wildman–Crippen MR) is 77.0 cm³/mol. The molecule has 0 saturated carbocycles. The lowest BCUT2D eigenvalue weighted by molar-refractivity contribution is 0.102. The number of nitrogens with zero attached hydrogens (tertiary/aromatic N) is 5. The average molecular weight is 287 g/mol. The molecule has 1 aliphatic heterocycles. The molecular formula is C13H17N7O. The van der Waals surface area contributed by atoms with Gasteiger partial charge in [-0.25, -0.2) is 4.98 Å². The third-order valence-corrected chi connectivity index (χ3v) is 3.51. The van der Waals surface area contributed by atoms with Crippen molar-refractivity contribution in [1.82, 2.24) is 25.6 Å². The largest absolute Gasteiger partial charge is 0.357 e. The number of amides is 1. The number of anilines is 2. The summed E-state index contributed by atoms with van der Waals surface area (Å²) in [7, 11) is 0. The SMILES string of the molecule is O=C(Nc1nn[nH]n1)c1ccc(N2CCCCCC2)nc1. The zero-order valence-electron chi connectivity index (χ0n) is 11.6.